The van der Waals surface area contributed by atoms with E-state index in [1.54, 1.807) is 4.68 Å². The fourth-order valence-electron chi connectivity index (χ4n) is 5.09. The Morgan fingerprint density at radius 1 is 1.14 bits per heavy atom. The number of H-pyrrole nitrogens is 1. The molecular formula is C28H29N7O2. The van der Waals surface area contributed by atoms with Gasteiger partial charge in [-0.25, -0.2) is 4.98 Å². The molecule has 1 aliphatic carbocycles. The van der Waals surface area contributed by atoms with Crippen LogP contribution in [0.3, 0.4) is 0 Å². The van der Waals surface area contributed by atoms with Crippen molar-refractivity contribution in [2.45, 2.75) is 45.4 Å². The number of anilines is 1. The van der Waals surface area contributed by atoms with Crippen LogP contribution in [0.15, 0.2) is 53.5 Å². The SMILES string of the molecule is Cc1cc(NC(=O)C2CCCCC2)ccc1Cc1nnc(-c2c[nH]c3ncc(-c4cnn(C)c4)cc23)o1. The Labute approximate surface area is 214 Å². The predicted molar refractivity (Wildman–Crippen MR) is 141 cm³/mol. The fourth-order valence-corrected chi connectivity index (χ4v) is 5.09. The van der Waals surface area contributed by atoms with Gasteiger partial charge in [-0.1, -0.05) is 25.3 Å². The van der Waals surface area contributed by atoms with E-state index in [1.165, 1.54) is 6.42 Å². The average Bonchev–Trinajstić information content (AvgIpc) is 3.65. The lowest BCUT2D eigenvalue weighted by Crippen LogP contribution is -2.24. The minimum Gasteiger partial charge on any atom is -0.420 e. The third-order valence-corrected chi connectivity index (χ3v) is 7.19. The molecule has 0 unspecified atom stereocenters. The quantitative estimate of drug-likeness (QED) is 0.325. The van der Waals surface area contributed by atoms with Crippen LogP contribution >= 0.6 is 0 Å². The highest BCUT2D eigenvalue weighted by Gasteiger charge is 2.21. The lowest BCUT2D eigenvalue weighted by Gasteiger charge is -2.21. The first-order valence-corrected chi connectivity index (χ1v) is 12.7. The van der Waals surface area contributed by atoms with Crippen molar-refractivity contribution in [3.8, 4) is 22.6 Å². The molecule has 1 aliphatic rings. The number of nitrogens with zero attached hydrogens (tertiary/aromatic N) is 5. The van der Waals surface area contributed by atoms with Crippen molar-refractivity contribution >= 4 is 22.6 Å². The third kappa shape index (κ3) is 4.76. The molecule has 9 nitrogen and oxygen atoms in total. The maximum atomic E-state index is 12.6. The van der Waals surface area contributed by atoms with Crippen molar-refractivity contribution in [1.82, 2.24) is 29.9 Å². The van der Waals surface area contributed by atoms with Crippen LogP contribution in [0.4, 0.5) is 5.69 Å². The molecule has 188 valence electrons. The van der Waals surface area contributed by atoms with Crippen molar-refractivity contribution in [3.63, 3.8) is 0 Å². The number of amides is 1. The van der Waals surface area contributed by atoms with Crippen molar-refractivity contribution in [2.75, 3.05) is 5.32 Å². The largest absolute Gasteiger partial charge is 0.420 e. The summed E-state index contributed by atoms with van der Waals surface area (Å²) in [5, 5.41) is 16.9. The Bertz CT molecular complexity index is 1570. The number of hydrogen-bond donors (Lipinski definition) is 2. The second kappa shape index (κ2) is 9.65. The van der Waals surface area contributed by atoms with Crippen LogP contribution < -0.4 is 5.32 Å². The summed E-state index contributed by atoms with van der Waals surface area (Å²) in [4.78, 5) is 20.3. The van der Waals surface area contributed by atoms with Gasteiger partial charge in [0.2, 0.25) is 17.7 Å². The molecule has 0 aliphatic heterocycles. The number of fused-ring (bicyclic) bond motifs is 1. The maximum absolute atomic E-state index is 12.6. The zero-order valence-corrected chi connectivity index (χ0v) is 21.0. The first-order valence-electron chi connectivity index (χ1n) is 12.7. The second-order valence-electron chi connectivity index (χ2n) is 9.87. The van der Waals surface area contributed by atoms with Crippen molar-refractivity contribution < 1.29 is 9.21 Å². The van der Waals surface area contributed by atoms with Crippen molar-refractivity contribution in [1.29, 1.82) is 0 Å². The van der Waals surface area contributed by atoms with Crippen LogP contribution in [0.1, 0.15) is 49.1 Å². The van der Waals surface area contributed by atoms with Gasteiger partial charge < -0.3 is 14.7 Å². The first kappa shape index (κ1) is 23.1. The Morgan fingerprint density at radius 2 is 2.00 bits per heavy atom. The summed E-state index contributed by atoms with van der Waals surface area (Å²) in [6.45, 7) is 2.04. The predicted octanol–water partition coefficient (Wildman–Crippen LogP) is 5.43. The average molecular weight is 496 g/mol. The van der Waals surface area contributed by atoms with Crippen LogP contribution in [0.2, 0.25) is 0 Å². The molecule has 0 atom stereocenters. The van der Waals surface area contributed by atoms with Gasteiger partial charge in [-0.2, -0.15) is 5.10 Å². The molecule has 1 fully saturated rings. The fraction of sp³-hybridized carbons (Fsp3) is 0.321. The molecule has 4 aromatic heterocycles. The van der Waals surface area contributed by atoms with E-state index < -0.39 is 0 Å². The summed E-state index contributed by atoms with van der Waals surface area (Å²) in [6, 6.07) is 8.04. The monoisotopic (exact) mass is 495 g/mol. The van der Waals surface area contributed by atoms with Gasteiger partial charge in [-0.05, 0) is 49.1 Å². The number of aromatic nitrogens is 6. The van der Waals surface area contributed by atoms with E-state index in [1.807, 2.05) is 57.0 Å². The Balaban J connectivity index is 1.19. The second-order valence-corrected chi connectivity index (χ2v) is 9.87. The topological polar surface area (TPSA) is 115 Å². The molecule has 5 aromatic rings. The molecule has 1 aromatic carbocycles. The van der Waals surface area contributed by atoms with E-state index in [0.717, 1.165) is 70.2 Å². The molecular weight excluding hydrogens is 466 g/mol. The number of carbonyl (C=O) groups is 1. The van der Waals surface area contributed by atoms with E-state index in [0.29, 0.717) is 18.2 Å². The summed E-state index contributed by atoms with van der Waals surface area (Å²) in [6.07, 6.45) is 13.4. The number of rotatable bonds is 6. The van der Waals surface area contributed by atoms with Crippen molar-refractivity contribution in [2.24, 2.45) is 13.0 Å². The first-order chi connectivity index (χ1) is 18.0. The zero-order valence-electron chi connectivity index (χ0n) is 21.0. The zero-order chi connectivity index (χ0) is 25.4. The number of benzene rings is 1. The van der Waals surface area contributed by atoms with Gasteiger partial charge in [0.05, 0.1) is 18.2 Å². The van der Waals surface area contributed by atoms with E-state index in [2.05, 4.69) is 36.6 Å². The highest BCUT2D eigenvalue weighted by Crippen LogP contribution is 2.31. The van der Waals surface area contributed by atoms with Crippen LogP contribution in [-0.4, -0.2) is 35.9 Å². The third-order valence-electron chi connectivity index (χ3n) is 7.19. The molecule has 0 saturated heterocycles. The van der Waals surface area contributed by atoms with E-state index in [-0.39, 0.29) is 11.8 Å². The van der Waals surface area contributed by atoms with Crippen LogP contribution in [-0.2, 0) is 18.3 Å². The Morgan fingerprint density at radius 3 is 2.78 bits per heavy atom. The summed E-state index contributed by atoms with van der Waals surface area (Å²) < 4.78 is 7.83. The standard InChI is InChI=1S/C28H29N7O2/c1-17-10-22(32-27(36)18-6-4-3-5-7-18)9-8-19(17)12-25-33-34-28(37-25)24-15-30-26-23(24)11-20(13-29-26)21-14-31-35(2)16-21/h8-11,13-16,18H,3-7,12H2,1-2H3,(H,29,30)(H,32,36). The van der Waals surface area contributed by atoms with Gasteiger partial charge in [-0.3, -0.25) is 9.48 Å². The molecule has 4 heterocycles. The number of aromatic amines is 1. The molecule has 37 heavy (non-hydrogen) atoms. The molecule has 0 bridgehead atoms. The van der Waals surface area contributed by atoms with Crippen molar-refractivity contribution in [3.05, 3.63) is 66.1 Å². The highest BCUT2D eigenvalue weighted by atomic mass is 16.4. The minimum absolute atomic E-state index is 0.130. The molecule has 9 heteroatoms. The van der Waals surface area contributed by atoms with Gasteiger partial charge in [0.25, 0.3) is 0 Å². The van der Waals surface area contributed by atoms with E-state index in [9.17, 15) is 4.79 Å². The number of pyridine rings is 1. The van der Waals surface area contributed by atoms with Gasteiger partial charge >= 0.3 is 0 Å². The van der Waals surface area contributed by atoms with Gasteiger partial charge in [0.15, 0.2) is 0 Å². The smallest absolute Gasteiger partial charge is 0.249 e. The normalized spacial score (nSPS) is 14.3. The van der Waals surface area contributed by atoms with Gasteiger partial charge in [0.1, 0.15) is 5.65 Å². The lowest BCUT2D eigenvalue weighted by atomic mass is 9.88. The van der Waals surface area contributed by atoms with Gasteiger partial charge in [-0.15, -0.1) is 10.2 Å². The summed E-state index contributed by atoms with van der Waals surface area (Å²) in [5.41, 5.74) is 6.49. The molecule has 6 rings (SSSR count). The Kier molecular flexibility index (Phi) is 6.04. The molecule has 1 amide bonds. The van der Waals surface area contributed by atoms with Crippen LogP contribution in [0.5, 0.6) is 0 Å². The lowest BCUT2D eigenvalue weighted by molar-refractivity contribution is -0.120. The van der Waals surface area contributed by atoms with Gasteiger partial charge in [0, 0.05) is 53.8 Å². The van der Waals surface area contributed by atoms with Crippen LogP contribution in [0.25, 0.3) is 33.6 Å². The van der Waals surface area contributed by atoms with E-state index >= 15 is 0 Å². The summed E-state index contributed by atoms with van der Waals surface area (Å²) in [7, 11) is 1.89. The Hall–Kier alpha value is -4.27. The number of carbonyl (C=O) groups excluding carboxylic acids is 1. The van der Waals surface area contributed by atoms with E-state index in [4.69, 9.17) is 4.42 Å². The summed E-state index contributed by atoms with van der Waals surface area (Å²) >= 11 is 0. The molecule has 1 saturated carbocycles. The highest BCUT2D eigenvalue weighted by molar-refractivity contribution is 5.94. The molecule has 0 radical (unpaired) electrons. The molecule has 2 N–H and O–H groups in total. The number of nitrogens with one attached hydrogen (secondary N) is 2. The number of hydrogen-bond acceptors (Lipinski definition) is 6. The molecule has 0 spiro atoms. The maximum Gasteiger partial charge on any atom is 0.249 e. The minimum atomic E-state index is 0.130. The van der Waals surface area contributed by atoms with Crippen LogP contribution in [0, 0.1) is 12.8 Å². The number of aryl methyl sites for hydroxylation is 2. The summed E-state index contributed by atoms with van der Waals surface area (Å²) in [5.74, 6) is 1.24.